The monoisotopic (exact) mass is 681 g/mol. The first-order chi connectivity index (χ1) is 25.1. The van der Waals surface area contributed by atoms with Gasteiger partial charge in [-0.05, 0) is 97.1 Å². The molecular formula is C45H36ClN5. The molecule has 8 rings (SSSR count). The predicted molar refractivity (Wildman–Crippen MR) is 213 cm³/mol. The van der Waals surface area contributed by atoms with Crippen LogP contribution in [-0.4, -0.2) is 15.0 Å². The highest BCUT2D eigenvalue weighted by molar-refractivity contribution is 6.30. The molecule has 3 aromatic heterocycles. The van der Waals surface area contributed by atoms with E-state index < -0.39 is 0 Å². The third-order valence-corrected chi connectivity index (χ3v) is 7.96. The largest absolute Gasteiger partial charge is 0.399 e. The predicted octanol–water partition coefficient (Wildman–Crippen LogP) is 12.0. The maximum atomic E-state index is 5.87. The molecule has 0 bridgehead atoms. The van der Waals surface area contributed by atoms with Gasteiger partial charge in [0.05, 0.1) is 17.1 Å². The van der Waals surface area contributed by atoms with Gasteiger partial charge in [-0.3, -0.25) is 15.0 Å². The molecule has 6 heteroatoms. The van der Waals surface area contributed by atoms with Crippen LogP contribution in [0.15, 0.2) is 207 Å². The zero-order valence-corrected chi connectivity index (χ0v) is 28.6. The van der Waals surface area contributed by atoms with Gasteiger partial charge >= 0.3 is 0 Å². The van der Waals surface area contributed by atoms with Crippen molar-refractivity contribution in [2.24, 2.45) is 0 Å². The van der Waals surface area contributed by atoms with Gasteiger partial charge in [-0.25, -0.2) is 0 Å². The van der Waals surface area contributed by atoms with Gasteiger partial charge in [0.15, 0.2) is 0 Å². The molecule has 0 atom stereocenters. The second-order valence-corrected chi connectivity index (χ2v) is 11.8. The Labute approximate surface area is 304 Å². The molecule has 5 aromatic carbocycles. The minimum absolute atomic E-state index is 0.739. The minimum atomic E-state index is 0.739. The number of para-hydroxylation sites is 2. The Hall–Kier alpha value is -6.56. The average molecular weight is 682 g/mol. The highest BCUT2D eigenvalue weighted by Gasteiger charge is 2.14. The Morgan fingerprint density at radius 3 is 1.16 bits per heavy atom. The van der Waals surface area contributed by atoms with Crippen LogP contribution in [0.5, 0.6) is 0 Å². The Morgan fingerprint density at radius 2 is 0.765 bits per heavy atom. The molecule has 0 spiro atoms. The number of nitrogens with zero attached hydrogens (tertiary/aromatic N) is 4. The van der Waals surface area contributed by atoms with Gasteiger partial charge in [0.2, 0.25) is 0 Å². The molecule has 248 valence electrons. The summed E-state index contributed by atoms with van der Waals surface area (Å²) in [5, 5.41) is 0.739. The summed E-state index contributed by atoms with van der Waals surface area (Å²) in [5.41, 5.74) is 15.5. The molecule has 8 aromatic rings. The molecule has 0 radical (unpaired) electrons. The van der Waals surface area contributed by atoms with Gasteiger partial charge in [-0.1, -0.05) is 103 Å². The van der Waals surface area contributed by atoms with E-state index in [0.29, 0.717) is 0 Å². The molecule has 5 nitrogen and oxygen atoms in total. The topological polar surface area (TPSA) is 67.9 Å². The summed E-state index contributed by atoms with van der Waals surface area (Å²) in [6.07, 6.45) is 5.43. The molecule has 0 aliphatic rings. The van der Waals surface area contributed by atoms with Crippen molar-refractivity contribution in [3.8, 4) is 33.8 Å². The lowest BCUT2D eigenvalue weighted by molar-refractivity contribution is 1.27. The van der Waals surface area contributed by atoms with Gasteiger partial charge in [0.1, 0.15) is 0 Å². The molecule has 0 fully saturated rings. The van der Waals surface area contributed by atoms with Crippen LogP contribution in [0.2, 0.25) is 5.02 Å². The van der Waals surface area contributed by atoms with Crippen molar-refractivity contribution in [2.75, 3.05) is 10.6 Å². The molecular weight excluding hydrogens is 646 g/mol. The van der Waals surface area contributed by atoms with Crippen LogP contribution in [0.1, 0.15) is 0 Å². The number of hydrogen-bond donors (Lipinski definition) is 1. The molecule has 3 heterocycles. The van der Waals surface area contributed by atoms with Gasteiger partial charge in [0.25, 0.3) is 0 Å². The van der Waals surface area contributed by atoms with Crippen molar-refractivity contribution >= 4 is 34.4 Å². The number of benzene rings is 5. The van der Waals surface area contributed by atoms with E-state index in [1.165, 1.54) is 0 Å². The smallest absolute Gasteiger partial charge is 0.0702 e. The highest BCUT2D eigenvalue weighted by Crippen LogP contribution is 2.37. The lowest BCUT2D eigenvalue weighted by Gasteiger charge is -2.26. The number of nitrogen functional groups attached to an aromatic ring is 1. The fourth-order valence-electron chi connectivity index (χ4n) is 5.33. The number of hydrogen-bond acceptors (Lipinski definition) is 5. The first kappa shape index (κ1) is 34.3. The van der Waals surface area contributed by atoms with Crippen LogP contribution < -0.4 is 10.6 Å². The van der Waals surface area contributed by atoms with Gasteiger partial charge in [0, 0.05) is 63.1 Å². The lowest BCUT2D eigenvalue weighted by atomic mass is 10.1. The number of aromatic nitrogens is 3. The van der Waals surface area contributed by atoms with E-state index in [1.54, 1.807) is 6.20 Å². The Balaban J connectivity index is 0.000000182. The maximum Gasteiger partial charge on any atom is 0.0702 e. The lowest BCUT2D eigenvalue weighted by Crippen LogP contribution is -2.10. The number of anilines is 4. The summed E-state index contributed by atoms with van der Waals surface area (Å²) in [5.74, 6) is 0. The van der Waals surface area contributed by atoms with Gasteiger partial charge < -0.3 is 10.6 Å². The third kappa shape index (κ3) is 9.76. The zero-order chi connectivity index (χ0) is 35.1. The van der Waals surface area contributed by atoms with Crippen LogP contribution in [-0.2, 0) is 0 Å². The fourth-order valence-corrected chi connectivity index (χ4v) is 5.52. The van der Waals surface area contributed by atoms with Crippen LogP contribution in [0.25, 0.3) is 33.8 Å². The molecule has 0 saturated carbocycles. The third-order valence-electron chi connectivity index (χ3n) is 7.73. The summed E-state index contributed by atoms with van der Waals surface area (Å²) in [4.78, 5) is 15.5. The second-order valence-electron chi connectivity index (χ2n) is 11.3. The fraction of sp³-hybridized carbons (Fsp3) is 0. The van der Waals surface area contributed by atoms with E-state index in [-0.39, 0.29) is 0 Å². The normalized spacial score (nSPS) is 10.1. The summed E-state index contributed by atoms with van der Waals surface area (Å²) in [6, 6.07) is 62.4. The second kappa shape index (κ2) is 17.7. The van der Waals surface area contributed by atoms with E-state index in [1.807, 2.05) is 128 Å². The SMILES string of the molecule is Clc1cccc(-c2ccccn2)c1.Nc1ccccc1.c1ccc(N(c2cccc(-c3ccccn3)c2)c2cccc(-c3ccccn3)c2)cc1. The number of rotatable bonds is 6. The van der Waals surface area contributed by atoms with Crippen molar-refractivity contribution in [1.29, 1.82) is 0 Å². The standard InChI is InChI=1S/C28H21N3.C11H8ClN.C6H7N/c1-2-12-24(13-3-1)31(25-14-8-10-22(20-25)27-16-4-6-18-29-27)26-15-9-11-23(21-26)28-17-5-7-19-30-28;12-10-5-3-4-9(8-10)11-6-1-2-7-13-11;7-6-4-2-1-3-5-6/h1-21H;1-8H;1-5H,7H2. The van der Waals surface area contributed by atoms with E-state index in [4.69, 9.17) is 17.3 Å². The summed E-state index contributed by atoms with van der Waals surface area (Å²) in [6.45, 7) is 0. The zero-order valence-electron chi connectivity index (χ0n) is 27.9. The quantitative estimate of drug-likeness (QED) is 0.177. The Morgan fingerprint density at radius 1 is 0.373 bits per heavy atom. The van der Waals surface area contributed by atoms with Crippen LogP contribution in [0, 0.1) is 0 Å². The molecule has 0 amide bonds. The number of pyridine rings is 3. The summed E-state index contributed by atoms with van der Waals surface area (Å²) >= 11 is 5.87. The highest BCUT2D eigenvalue weighted by atomic mass is 35.5. The van der Waals surface area contributed by atoms with E-state index >= 15 is 0 Å². The minimum Gasteiger partial charge on any atom is -0.399 e. The van der Waals surface area contributed by atoms with Crippen molar-refractivity contribution in [2.45, 2.75) is 0 Å². The van der Waals surface area contributed by atoms with Crippen LogP contribution in [0.4, 0.5) is 22.7 Å². The van der Waals surface area contributed by atoms with Crippen LogP contribution >= 0.6 is 11.6 Å². The van der Waals surface area contributed by atoms with Crippen molar-refractivity contribution < 1.29 is 0 Å². The first-order valence-corrected chi connectivity index (χ1v) is 16.9. The van der Waals surface area contributed by atoms with E-state index in [9.17, 15) is 0 Å². The van der Waals surface area contributed by atoms with Crippen LogP contribution in [0.3, 0.4) is 0 Å². The van der Waals surface area contributed by atoms with Crippen molar-refractivity contribution in [1.82, 2.24) is 15.0 Å². The molecule has 0 saturated heterocycles. The molecule has 2 N–H and O–H groups in total. The molecule has 0 aliphatic carbocycles. The Bertz CT molecular complexity index is 2130. The summed E-state index contributed by atoms with van der Waals surface area (Å²) in [7, 11) is 0. The molecule has 51 heavy (non-hydrogen) atoms. The first-order valence-electron chi connectivity index (χ1n) is 16.5. The van der Waals surface area contributed by atoms with E-state index in [2.05, 4.69) is 92.6 Å². The van der Waals surface area contributed by atoms with Gasteiger partial charge in [-0.2, -0.15) is 0 Å². The number of nitrogens with two attached hydrogens (primary N) is 1. The van der Waals surface area contributed by atoms with E-state index in [0.717, 1.165) is 61.5 Å². The molecule has 0 unspecified atom stereocenters. The van der Waals surface area contributed by atoms with Gasteiger partial charge in [-0.15, -0.1) is 0 Å². The van der Waals surface area contributed by atoms with Crippen molar-refractivity contribution in [3.63, 3.8) is 0 Å². The summed E-state index contributed by atoms with van der Waals surface area (Å²) < 4.78 is 0. The maximum absolute atomic E-state index is 5.87. The molecule has 0 aliphatic heterocycles. The average Bonchev–Trinajstić information content (AvgIpc) is 3.21. The Kier molecular flexibility index (Phi) is 11.9. The number of halogens is 1. The van der Waals surface area contributed by atoms with Crippen molar-refractivity contribution in [3.05, 3.63) is 212 Å².